The zero-order valence-electron chi connectivity index (χ0n) is 27.3. The highest BCUT2D eigenvalue weighted by molar-refractivity contribution is 7.29. The van der Waals surface area contributed by atoms with Gasteiger partial charge in [0.1, 0.15) is 0 Å². The van der Waals surface area contributed by atoms with Crippen molar-refractivity contribution in [3.63, 3.8) is 0 Å². The van der Waals surface area contributed by atoms with Gasteiger partial charge in [0.05, 0.1) is 14.6 Å². The largest absolute Gasteiger partial charge is 0.142 e. The van der Waals surface area contributed by atoms with Gasteiger partial charge in [-0.3, -0.25) is 0 Å². The molecule has 4 heterocycles. The van der Waals surface area contributed by atoms with Crippen LogP contribution in [0.2, 0.25) is 0 Å². The molecule has 0 saturated carbocycles. The first kappa shape index (κ1) is 31.0. The molecule has 4 aromatic heterocycles. The van der Waals surface area contributed by atoms with E-state index >= 15 is 0 Å². The summed E-state index contributed by atoms with van der Waals surface area (Å²) in [6.45, 7) is 8.62. The molecule has 0 spiro atoms. The average Bonchev–Trinajstić information content (AvgIpc) is 3.92. The highest BCUT2D eigenvalue weighted by Gasteiger charge is 2.22. The molecule has 8 aromatic rings. The van der Waals surface area contributed by atoms with E-state index in [1.54, 1.807) is 0 Å². The number of benzene rings is 4. The van der Waals surface area contributed by atoms with Crippen LogP contribution in [0.15, 0.2) is 132 Å². The second-order valence-corrected chi connectivity index (χ2v) is 16.5. The molecule has 0 radical (unpaired) electrons. The van der Waals surface area contributed by atoms with Gasteiger partial charge in [0, 0.05) is 31.3 Å². The van der Waals surface area contributed by atoms with Crippen molar-refractivity contribution >= 4 is 45.3 Å². The summed E-state index contributed by atoms with van der Waals surface area (Å²) in [6, 6.07) is 45.4. The quantitative estimate of drug-likeness (QED) is 0.156. The highest BCUT2D eigenvalue weighted by Crippen LogP contribution is 2.52. The van der Waals surface area contributed by atoms with E-state index in [4.69, 9.17) is 0 Å². The second-order valence-electron chi connectivity index (χ2n) is 12.5. The van der Waals surface area contributed by atoms with Gasteiger partial charge in [0.2, 0.25) is 0 Å². The molecule has 0 aliphatic rings. The lowest BCUT2D eigenvalue weighted by Crippen LogP contribution is -1.79. The van der Waals surface area contributed by atoms with Crippen LogP contribution in [-0.2, 0) is 0 Å². The third kappa shape index (κ3) is 6.06. The third-order valence-electron chi connectivity index (χ3n) is 8.87. The molecule has 0 bridgehead atoms. The number of rotatable bonds is 7. The topological polar surface area (TPSA) is 0 Å². The zero-order valence-corrected chi connectivity index (χ0v) is 30.6. The van der Waals surface area contributed by atoms with E-state index in [2.05, 4.69) is 160 Å². The van der Waals surface area contributed by atoms with Crippen molar-refractivity contribution in [3.05, 3.63) is 154 Å². The fraction of sp³-hybridized carbons (Fsp3) is 0.0909. The fourth-order valence-electron chi connectivity index (χ4n) is 6.08. The van der Waals surface area contributed by atoms with Crippen LogP contribution < -0.4 is 0 Å². The summed E-state index contributed by atoms with van der Waals surface area (Å²) in [4.78, 5) is 7.93. The molecule has 0 fully saturated rings. The number of hydrogen-bond donors (Lipinski definition) is 0. The number of thiophene rings is 4. The molecule has 8 rings (SSSR count). The molecule has 0 nitrogen and oxygen atoms in total. The lowest BCUT2D eigenvalue weighted by atomic mass is 10.0. The van der Waals surface area contributed by atoms with Crippen LogP contribution in [0.25, 0.3) is 73.8 Å². The smallest absolute Gasteiger partial charge is 0.0528 e. The Morgan fingerprint density at radius 3 is 1.25 bits per heavy atom. The molecule has 0 atom stereocenters. The third-order valence-corrected chi connectivity index (χ3v) is 13.5. The molecule has 4 aromatic carbocycles. The maximum atomic E-state index is 2.44. The van der Waals surface area contributed by atoms with Crippen LogP contribution in [0.1, 0.15) is 22.3 Å². The van der Waals surface area contributed by atoms with Crippen LogP contribution in [0.3, 0.4) is 0 Å². The minimum absolute atomic E-state index is 1.26. The molecule has 0 amide bonds. The van der Waals surface area contributed by atoms with Crippen molar-refractivity contribution in [2.24, 2.45) is 0 Å². The zero-order chi connectivity index (χ0) is 32.8. The molecule has 0 unspecified atom stereocenters. The summed E-state index contributed by atoms with van der Waals surface area (Å²) in [6.07, 6.45) is 0. The van der Waals surface area contributed by atoms with Crippen molar-refractivity contribution in [3.8, 4) is 73.8 Å². The summed E-state index contributed by atoms with van der Waals surface area (Å²) < 4.78 is 0. The summed E-state index contributed by atoms with van der Waals surface area (Å²) in [5.41, 5.74) is 15.4. The Bertz CT molecular complexity index is 2340. The Balaban J connectivity index is 1.30. The first-order chi connectivity index (χ1) is 23.4. The Hall–Kier alpha value is -4.32. The Morgan fingerprint density at radius 1 is 0.333 bits per heavy atom. The molecular formula is C44H34S4. The maximum absolute atomic E-state index is 2.44. The maximum Gasteiger partial charge on any atom is 0.0528 e. The van der Waals surface area contributed by atoms with E-state index in [9.17, 15) is 0 Å². The van der Waals surface area contributed by atoms with Gasteiger partial charge in [-0.2, -0.15) is 0 Å². The summed E-state index contributed by atoms with van der Waals surface area (Å²) >= 11 is 7.53. The SMILES string of the molecule is Cc1ccc(-c2csc(-c3sc(-c4sc(-c5sccc5-c5ccc(C)cc5)cc4-c4ccc(C)cc4)cc3-c3ccc(C)cc3)c2)cc1. The van der Waals surface area contributed by atoms with Crippen LogP contribution >= 0.6 is 45.3 Å². The van der Waals surface area contributed by atoms with Crippen LogP contribution in [0.5, 0.6) is 0 Å². The standard InChI is InChI=1S/C44H34S4/c1-27-5-13-31(14-6-27)35-23-39(46-26-35)43-37(33-17-9-29(3)10-18-33)25-41(48-43)44-38(34-19-11-30(4)12-20-34)24-40(47-44)42-36(21-22-45-42)32-15-7-28(2)8-16-32/h5-26H,1-4H3. The summed E-state index contributed by atoms with van der Waals surface area (Å²) in [5.74, 6) is 0. The predicted octanol–water partition coefficient (Wildman–Crippen LogP) is 14.8. The van der Waals surface area contributed by atoms with Gasteiger partial charge >= 0.3 is 0 Å². The minimum Gasteiger partial charge on any atom is -0.142 e. The molecular weight excluding hydrogens is 657 g/mol. The average molecular weight is 691 g/mol. The van der Waals surface area contributed by atoms with Crippen molar-refractivity contribution in [1.82, 2.24) is 0 Å². The van der Waals surface area contributed by atoms with Gasteiger partial charge in [-0.15, -0.1) is 45.3 Å². The summed E-state index contributed by atoms with van der Waals surface area (Å²) in [5, 5.41) is 4.54. The molecule has 0 aliphatic carbocycles. The predicted molar refractivity (Wildman–Crippen MR) is 215 cm³/mol. The summed E-state index contributed by atoms with van der Waals surface area (Å²) in [7, 11) is 0. The normalized spacial score (nSPS) is 11.3. The van der Waals surface area contributed by atoms with Gasteiger partial charge in [-0.25, -0.2) is 0 Å². The van der Waals surface area contributed by atoms with E-state index in [1.807, 2.05) is 45.3 Å². The molecule has 48 heavy (non-hydrogen) atoms. The van der Waals surface area contributed by atoms with Gasteiger partial charge in [0.25, 0.3) is 0 Å². The van der Waals surface area contributed by atoms with Gasteiger partial charge in [-0.05, 0) is 90.5 Å². The first-order valence-electron chi connectivity index (χ1n) is 16.1. The number of aryl methyl sites for hydroxylation is 4. The van der Waals surface area contributed by atoms with E-state index in [0.717, 1.165) is 0 Å². The van der Waals surface area contributed by atoms with Crippen molar-refractivity contribution in [2.45, 2.75) is 27.7 Å². The molecule has 234 valence electrons. The van der Waals surface area contributed by atoms with Crippen molar-refractivity contribution in [1.29, 1.82) is 0 Å². The van der Waals surface area contributed by atoms with Crippen LogP contribution in [0.4, 0.5) is 0 Å². The lowest BCUT2D eigenvalue weighted by Gasteiger charge is -2.03. The van der Waals surface area contributed by atoms with Gasteiger partial charge < -0.3 is 0 Å². The molecule has 0 saturated heterocycles. The Morgan fingerprint density at radius 2 is 0.750 bits per heavy atom. The molecule has 0 aliphatic heterocycles. The van der Waals surface area contributed by atoms with Crippen molar-refractivity contribution in [2.75, 3.05) is 0 Å². The Labute approximate surface area is 299 Å². The van der Waals surface area contributed by atoms with E-state index in [0.29, 0.717) is 0 Å². The monoisotopic (exact) mass is 690 g/mol. The van der Waals surface area contributed by atoms with Gasteiger partial charge in [0.15, 0.2) is 0 Å². The Kier molecular flexibility index (Phi) is 8.35. The molecule has 4 heteroatoms. The minimum atomic E-state index is 1.26. The van der Waals surface area contributed by atoms with Gasteiger partial charge in [-0.1, -0.05) is 119 Å². The van der Waals surface area contributed by atoms with E-state index in [-0.39, 0.29) is 0 Å². The second kappa shape index (κ2) is 12.9. The molecule has 0 N–H and O–H groups in total. The van der Waals surface area contributed by atoms with E-state index in [1.165, 1.54) is 96.0 Å². The fourth-order valence-corrected chi connectivity index (χ4v) is 10.7. The van der Waals surface area contributed by atoms with Crippen LogP contribution in [-0.4, -0.2) is 0 Å². The first-order valence-corrected chi connectivity index (χ1v) is 19.5. The highest BCUT2D eigenvalue weighted by atomic mass is 32.1. The van der Waals surface area contributed by atoms with Crippen LogP contribution in [0, 0.1) is 27.7 Å². The van der Waals surface area contributed by atoms with E-state index < -0.39 is 0 Å². The van der Waals surface area contributed by atoms with Crippen molar-refractivity contribution < 1.29 is 0 Å². The number of hydrogen-bond acceptors (Lipinski definition) is 4. The lowest BCUT2D eigenvalue weighted by molar-refractivity contribution is 1.47.